The minimum absolute atomic E-state index is 0.174. The standard InChI is InChI=1S/C15H13N5OS/c1-9-16-8-13-20(9)19-15(22-13)14(21)17-7-11-6-10-4-2-3-5-12(10)18-11/h2-6,8,18H,7H2,1H3,(H,17,21). The molecule has 4 aromatic rings. The van der Waals surface area contributed by atoms with Gasteiger partial charge in [0.1, 0.15) is 10.7 Å². The Hall–Kier alpha value is -2.67. The van der Waals surface area contributed by atoms with Gasteiger partial charge in [0, 0.05) is 11.2 Å². The first-order valence-electron chi connectivity index (χ1n) is 6.87. The van der Waals surface area contributed by atoms with E-state index in [9.17, 15) is 4.79 Å². The topological polar surface area (TPSA) is 75.1 Å². The number of para-hydroxylation sites is 1. The van der Waals surface area contributed by atoms with Crippen molar-refractivity contribution in [2.45, 2.75) is 13.5 Å². The third-order valence-corrected chi connectivity index (χ3v) is 4.44. The summed E-state index contributed by atoms with van der Waals surface area (Å²) in [6, 6.07) is 10.1. The van der Waals surface area contributed by atoms with Crippen molar-refractivity contribution < 1.29 is 4.79 Å². The monoisotopic (exact) mass is 311 g/mol. The van der Waals surface area contributed by atoms with Crippen LogP contribution in [-0.4, -0.2) is 25.5 Å². The number of nitrogens with zero attached hydrogens (tertiary/aromatic N) is 3. The number of amides is 1. The number of aryl methyl sites for hydroxylation is 1. The number of aromatic amines is 1. The van der Waals surface area contributed by atoms with Crippen LogP contribution in [0.5, 0.6) is 0 Å². The maximum atomic E-state index is 12.2. The molecule has 2 N–H and O–H groups in total. The highest BCUT2D eigenvalue weighted by Crippen LogP contribution is 2.17. The summed E-state index contributed by atoms with van der Waals surface area (Å²) in [4.78, 5) is 20.5. The van der Waals surface area contributed by atoms with E-state index in [0.29, 0.717) is 11.6 Å². The van der Waals surface area contributed by atoms with Gasteiger partial charge in [-0.25, -0.2) is 9.50 Å². The number of nitrogens with one attached hydrogen (secondary N) is 2. The third kappa shape index (κ3) is 2.15. The van der Waals surface area contributed by atoms with E-state index < -0.39 is 0 Å². The number of fused-ring (bicyclic) bond motifs is 2. The molecule has 110 valence electrons. The van der Waals surface area contributed by atoms with Crippen LogP contribution in [0.3, 0.4) is 0 Å². The van der Waals surface area contributed by atoms with Crippen LogP contribution in [0.1, 0.15) is 21.3 Å². The molecular weight excluding hydrogens is 298 g/mol. The van der Waals surface area contributed by atoms with E-state index >= 15 is 0 Å². The van der Waals surface area contributed by atoms with Gasteiger partial charge in [-0.3, -0.25) is 4.79 Å². The fourth-order valence-electron chi connectivity index (χ4n) is 2.39. The molecule has 22 heavy (non-hydrogen) atoms. The highest BCUT2D eigenvalue weighted by molar-refractivity contribution is 7.18. The molecule has 3 heterocycles. The fourth-order valence-corrected chi connectivity index (χ4v) is 3.24. The molecule has 7 heteroatoms. The van der Waals surface area contributed by atoms with Crippen molar-refractivity contribution in [1.29, 1.82) is 0 Å². The van der Waals surface area contributed by atoms with Gasteiger partial charge in [0.05, 0.1) is 12.7 Å². The third-order valence-electron chi connectivity index (χ3n) is 3.49. The summed E-state index contributed by atoms with van der Waals surface area (Å²) in [6.07, 6.45) is 1.72. The highest BCUT2D eigenvalue weighted by atomic mass is 32.1. The molecule has 0 saturated carbocycles. The molecule has 0 bridgehead atoms. The molecule has 0 unspecified atom stereocenters. The van der Waals surface area contributed by atoms with Crippen molar-refractivity contribution in [2.24, 2.45) is 0 Å². The molecule has 0 aliphatic heterocycles. The largest absolute Gasteiger partial charge is 0.357 e. The van der Waals surface area contributed by atoms with E-state index in [2.05, 4.69) is 20.4 Å². The first-order chi connectivity index (χ1) is 10.7. The zero-order chi connectivity index (χ0) is 15.1. The van der Waals surface area contributed by atoms with Gasteiger partial charge < -0.3 is 10.3 Å². The summed E-state index contributed by atoms with van der Waals surface area (Å²) >= 11 is 1.33. The highest BCUT2D eigenvalue weighted by Gasteiger charge is 2.14. The first-order valence-corrected chi connectivity index (χ1v) is 7.68. The molecular formula is C15H13N5OS. The molecule has 0 spiro atoms. The predicted octanol–water partition coefficient (Wildman–Crippen LogP) is 2.51. The number of H-pyrrole nitrogens is 1. The van der Waals surface area contributed by atoms with Crippen LogP contribution in [0.25, 0.3) is 15.7 Å². The van der Waals surface area contributed by atoms with E-state index in [1.54, 1.807) is 10.7 Å². The number of hydrogen-bond donors (Lipinski definition) is 2. The lowest BCUT2D eigenvalue weighted by Gasteiger charge is -2.00. The smallest absolute Gasteiger partial charge is 0.282 e. The number of imidazole rings is 1. The quantitative estimate of drug-likeness (QED) is 0.610. The lowest BCUT2D eigenvalue weighted by Crippen LogP contribution is -2.23. The van der Waals surface area contributed by atoms with Gasteiger partial charge in [0.15, 0.2) is 0 Å². The Labute approximate surface area is 129 Å². The second-order valence-electron chi connectivity index (χ2n) is 5.03. The minimum Gasteiger partial charge on any atom is -0.357 e. The van der Waals surface area contributed by atoms with Crippen molar-refractivity contribution in [3.05, 3.63) is 53.1 Å². The number of hydrogen-bond acceptors (Lipinski definition) is 4. The average Bonchev–Trinajstić information content (AvgIpc) is 3.20. The van der Waals surface area contributed by atoms with Crippen LogP contribution < -0.4 is 5.32 Å². The van der Waals surface area contributed by atoms with E-state index in [1.807, 2.05) is 37.3 Å². The van der Waals surface area contributed by atoms with E-state index in [-0.39, 0.29) is 5.91 Å². The van der Waals surface area contributed by atoms with Gasteiger partial charge >= 0.3 is 0 Å². The summed E-state index contributed by atoms with van der Waals surface area (Å²) in [7, 11) is 0. The van der Waals surface area contributed by atoms with E-state index in [0.717, 1.165) is 27.3 Å². The Balaban J connectivity index is 1.51. The SMILES string of the molecule is Cc1ncc2sc(C(=O)NCc3cc4ccccc4[nH]3)nn12. The maximum absolute atomic E-state index is 12.2. The molecule has 3 aromatic heterocycles. The summed E-state index contributed by atoms with van der Waals surface area (Å²) in [6.45, 7) is 2.30. The molecule has 1 amide bonds. The zero-order valence-electron chi connectivity index (χ0n) is 11.8. The molecule has 0 saturated heterocycles. The molecule has 1 aromatic carbocycles. The van der Waals surface area contributed by atoms with E-state index in [1.165, 1.54) is 11.3 Å². The molecule has 0 fully saturated rings. The van der Waals surface area contributed by atoms with Gasteiger partial charge in [-0.2, -0.15) is 0 Å². The van der Waals surface area contributed by atoms with Crippen molar-refractivity contribution >= 4 is 33.0 Å². The van der Waals surface area contributed by atoms with Crippen LogP contribution in [0, 0.1) is 6.92 Å². The van der Waals surface area contributed by atoms with Crippen LogP contribution >= 0.6 is 11.3 Å². The van der Waals surface area contributed by atoms with Gasteiger partial charge in [-0.1, -0.05) is 29.5 Å². The molecule has 0 aliphatic rings. The molecule has 0 atom stereocenters. The predicted molar refractivity (Wildman–Crippen MR) is 85.1 cm³/mol. The lowest BCUT2D eigenvalue weighted by atomic mass is 10.2. The molecule has 0 radical (unpaired) electrons. The summed E-state index contributed by atoms with van der Waals surface area (Å²) in [5.41, 5.74) is 2.03. The Morgan fingerprint density at radius 2 is 2.27 bits per heavy atom. The van der Waals surface area contributed by atoms with Crippen molar-refractivity contribution in [2.75, 3.05) is 0 Å². The lowest BCUT2D eigenvalue weighted by molar-refractivity contribution is 0.0949. The Morgan fingerprint density at radius 1 is 1.41 bits per heavy atom. The van der Waals surface area contributed by atoms with Crippen LogP contribution in [0.2, 0.25) is 0 Å². The number of carbonyl (C=O) groups is 1. The number of rotatable bonds is 3. The minimum atomic E-state index is -0.174. The van der Waals surface area contributed by atoms with Gasteiger partial charge in [-0.05, 0) is 24.4 Å². The van der Waals surface area contributed by atoms with Crippen molar-refractivity contribution in [3.8, 4) is 0 Å². The van der Waals surface area contributed by atoms with E-state index in [4.69, 9.17) is 0 Å². The molecule has 6 nitrogen and oxygen atoms in total. The summed E-state index contributed by atoms with van der Waals surface area (Å²) < 4.78 is 1.68. The van der Waals surface area contributed by atoms with Gasteiger partial charge in [-0.15, -0.1) is 5.10 Å². The van der Waals surface area contributed by atoms with Crippen LogP contribution in [-0.2, 0) is 6.54 Å². The van der Waals surface area contributed by atoms with Crippen molar-refractivity contribution in [3.63, 3.8) is 0 Å². The Morgan fingerprint density at radius 3 is 3.09 bits per heavy atom. The normalized spacial score (nSPS) is 11.3. The van der Waals surface area contributed by atoms with Gasteiger partial charge in [0.25, 0.3) is 5.91 Å². The maximum Gasteiger partial charge on any atom is 0.282 e. The second kappa shape index (κ2) is 4.96. The fraction of sp³-hybridized carbons (Fsp3) is 0.133. The number of benzene rings is 1. The number of carbonyl (C=O) groups excluding carboxylic acids is 1. The zero-order valence-corrected chi connectivity index (χ0v) is 12.6. The average molecular weight is 311 g/mol. The number of aromatic nitrogens is 4. The first kappa shape index (κ1) is 13.0. The summed E-state index contributed by atoms with van der Waals surface area (Å²) in [5, 5.41) is 8.75. The molecule has 0 aliphatic carbocycles. The Bertz CT molecular complexity index is 947. The van der Waals surface area contributed by atoms with Crippen molar-refractivity contribution in [1.82, 2.24) is 24.9 Å². The van der Waals surface area contributed by atoms with Crippen LogP contribution in [0.15, 0.2) is 36.5 Å². The Kier molecular flexibility index (Phi) is 2.93. The second-order valence-corrected chi connectivity index (χ2v) is 6.04. The van der Waals surface area contributed by atoms with Gasteiger partial charge in [0.2, 0.25) is 5.01 Å². The summed E-state index contributed by atoms with van der Waals surface area (Å²) in [5.74, 6) is 0.604. The molecule has 4 rings (SSSR count). The van der Waals surface area contributed by atoms with Crippen LogP contribution in [0.4, 0.5) is 0 Å².